The largest absolute Gasteiger partial charge is 0.382 e. The Bertz CT molecular complexity index is 1490. The molecule has 2 heterocycles. The highest BCUT2D eigenvalue weighted by Crippen LogP contribution is 2.20. The molecule has 7 nitrogen and oxygen atoms in total. The van der Waals surface area contributed by atoms with Gasteiger partial charge in [0.25, 0.3) is 5.56 Å². The molecule has 0 bridgehead atoms. The topological polar surface area (TPSA) is 91.1 Å². The monoisotopic (exact) mass is 454 g/mol. The summed E-state index contributed by atoms with van der Waals surface area (Å²) in [6.07, 6.45) is 4.41. The summed E-state index contributed by atoms with van der Waals surface area (Å²) in [5.41, 5.74) is 12.2. The van der Waals surface area contributed by atoms with Gasteiger partial charge in [0.2, 0.25) is 0 Å². The van der Waals surface area contributed by atoms with Crippen molar-refractivity contribution >= 4 is 16.7 Å². The molecule has 4 rings (SSSR count). The predicted octanol–water partition coefficient (Wildman–Crippen LogP) is 4.57. The van der Waals surface area contributed by atoms with Gasteiger partial charge in [-0.05, 0) is 57.4 Å². The van der Waals surface area contributed by atoms with Gasteiger partial charge in [0.1, 0.15) is 11.5 Å². The molecule has 0 amide bonds. The third kappa shape index (κ3) is 4.29. The SMILES string of the molecule is CCC(C)=CN=C(N)c1ncn(Cc2nc3cccc(C)c3c(=O)n2-c2ccccc2C)c1C. The summed E-state index contributed by atoms with van der Waals surface area (Å²) in [6.45, 7) is 10.3. The molecule has 7 heteroatoms. The molecule has 2 N–H and O–H groups in total. The number of imidazole rings is 1. The van der Waals surface area contributed by atoms with Gasteiger partial charge < -0.3 is 10.3 Å². The first-order chi connectivity index (χ1) is 16.3. The van der Waals surface area contributed by atoms with Crippen molar-refractivity contribution in [3.05, 3.63) is 99.3 Å². The summed E-state index contributed by atoms with van der Waals surface area (Å²) in [7, 11) is 0. The number of fused-ring (bicyclic) bond motifs is 1. The molecule has 0 saturated carbocycles. The van der Waals surface area contributed by atoms with Crippen molar-refractivity contribution in [1.82, 2.24) is 19.1 Å². The van der Waals surface area contributed by atoms with Crippen LogP contribution >= 0.6 is 0 Å². The molecule has 174 valence electrons. The highest BCUT2D eigenvalue weighted by atomic mass is 16.1. The lowest BCUT2D eigenvalue weighted by Gasteiger charge is -2.17. The number of aliphatic imine (C=N–C) groups is 1. The standard InChI is InChI=1S/C27H30N6O/c1-6-17(2)14-29-26(28)25-20(5)32(16-30-25)15-23-31-21-12-9-11-19(4)24(21)27(34)33(23)22-13-8-7-10-18(22)3/h7-14,16H,6,15H2,1-5H3,(H2,28,29). The Balaban J connectivity index is 1.87. The average molecular weight is 455 g/mol. The molecule has 0 spiro atoms. The zero-order valence-corrected chi connectivity index (χ0v) is 20.3. The summed E-state index contributed by atoms with van der Waals surface area (Å²) in [5.74, 6) is 0.990. The number of hydrogen-bond donors (Lipinski definition) is 1. The zero-order chi connectivity index (χ0) is 24.4. The van der Waals surface area contributed by atoms with Gasteiger partial charge in [-0.25, -0.2) is 15.0 Å². The van der Waals surface area contributed by atoms with Crippen LogP contribution in [-0.4, -0.2) is 24.9 Å². The van der Waals surface area contributed by atoms with Crippen molar-refractivity contribution in [1.29, 1.82) is 0 Å². The Morgan fingerprint density at radius 3 is 2.56 bits per heavy atom. The summed E-state index contributed by atoms with van der Waals surface area (Å²) in [4.78, 5) is 27.5. The van der Waals surface area contributed by atoms with E-state index in [1.54, 1.807) is 17.1 Å². The van der Waals surface area contributed by atoms with Crippen molar-refractivity contribution in [2.24, 2.45) is 10.7 Å². The lowest BCUT2D eigenvalue weighted by molar-refractivity contribution is 0.691. The van der Waals surface area contributed by atoms with Crippen LogP contribution in [-0.2, 0) is 6.54 Å². The Hall–Kier alpha value is -4.00. The lowest BCUT2D eigenvalue weighted by Crippen LogP contribution is -2.26. The van der Waals surface area contributed by atoms with Crippen LogP contribution in [0, 0.1) is 20.8 Å². The number of nitrogens with two attached hydrogens (primary N) is 1. The number of benzene rings is 2. The van der Waals surface area contributed by atoms with Crippen molar-refractivity contribution in [3.63, 3.8) is 0 Å². The first kappa shape index (κ1) is 23.2. The van der Waals surface area contributed by atoms with Gasteiger partial charge >= 0.3 is 0 Å². The molecule has 0 fully saturated rings. The first-order valence-corrected chi connectivity index (χ1v) is 11.4. The number of aromatic nitrogens is 4. The molecular weight excluding hydrogens is 424 g/mol. The maximum absolute atomic E-state index is 13.7. The normalized spacial score (nSPS) is 12.5. The summed E-state index contributed by atoms with van der Waals surface area (Å²) < 4.78 is 3.67. The number of amidine groups is 1. The van der Waals surface area contributed by atoms with E-state index in [0.717, 1.165) is 34.5 Å². The number of aryl methyl sites for hydroxylation is 2. The van der Waals surface area contributed by atoms with Crippen LogP contribution in [0.5, 0.6) is 0 Å². The van der Waals surface area contributed by atoms with Gasteiger partial charge in [0, 0.05) is 11.9 Å². The van der Waals surface area contributed by atoms with E-state index in [0.29, 0.717) is 34.8 Å². The van der Waals surface area contributed by atoms with Crippen LogP contribution in [0.1, 0.15) is 48.6 Å². The molecule has 2 aromatic heterocycles. The third-order valence-corrected chi connectivity index (χ3v) is 6.17. The molecule has 34 heavy (non-hydrogen) atoms. The van der Waals surface area contributed by atoms with Gasteiger partial charge in [0.15, 0.2) is 5.84 Å². The maximum Gasteiger partial charge on any atom is 0.266 e. The number of hydrogen-bond acceptors (Lipinski definition) is 4. The van der Waals surface area contributed by atoms with E-state index in [-0.39, 0.29) is 5.56 Å². The number of allylic oxidation sites excluding steroid dienone is 1. The minimum atomic E-state index is -0.0772. The van der Waals surface area contributed by atoms with Crippen LogP contribution in [0.2, 0.25) is 0 Å². The number of para-hydroxylation sites is 1. The van der Waals surface area contributed by atoms with E-state index in [9.17, 15) is 4.79 Å². The molecule has 0 unspecified atom stereocenters. The summed E-state index contributed by atoms with van der Waals surface area (Å²) in [5, 5.41) is 0.631. The fraction of sp³-hybridized carbons (Fsp3) is 0.259. The highest BCUT2D eigenvalue weighted by molar-refractivity contribution is 5.97. The van der Waals surface area contributed by atoms with Crippen LogP contribution in [0.15, 0.2) is 70.4 Å². The Morgan fingerprint density at radius 2 is 1.82 bits per heavy atom. The highest BCUT2D eigenvalue weighted by Gasteiger charge is 2.18. The smallest absolute Gasteiger partial charge is 0.266 e. The van der Waals surface area contributed by atoms with E-state index in [1.165, 1.54) is 0 Å². The van der Waals surface area contributed by atoms with Crippen LogP contribution in [0.25, 0.3) is 16.6 Å². The minimum absolute atomic E-state index is 0.0772. The molecule has 2 aromatic carbocycles. The molecule has 4 aromatic rings. The van der Waals surface area contributed by atoms with Crippen molar-refractivity contribution in [3.8, 4) is 5.69 Å². The summed E-state index contributed by atoms with van der Waals surface area (Å²) in [6, 6.07) is 13.6. The van der Waals surface area contributed by atoms with Gasteiger partial charge in [-0.15, -0.1) is 0 Å². The van der Waals surface area contributed by atoms with E-state index < -0.39 is 0 Å². The van der Waals surface area contributed by atoms with E-state index in [2.05, 4.69) is 16.9 Å². The summed E-state index contributed by atoms with van der Waals surface area (Å²) >= 11 is 0. The second kappa shape index (κ2) is 9.47. The maximum atomic E-state index is 13.7. The van der Waals surface area contributed by atoms with Crippen LogP contribution < -0.4 is 11.3 Å². The van der Waals surface area contributed by atoms with Gasteiger partial charge in [-0.1, -0.05) is 42.8 Å². The average Bonchev–Trinajstić information content (AvgIpc) is 3.18. The third-order valence-electron chi connectivity index (χ3n) is 6.17. The lowest BCUT2D eigenvalue weighted by atomic mass is 10.1. The predicted molar refractivity (Wildman–Crippen MR) is 138 cm³/mol. The van der Waals surface area contributed by atoms with Crippen molar-refractivity contribution in [2.75, 3.05) is 0 Å². The van der Waals surface area contributed by atoms with E-state index in [4.69, 9.17) is 10.7 Å². The molecule has 0 atom stereocenters. The van der Waals surface area contributed by atoms with E-state index >= 15 is 0 Å². The molecule has 0 radical (unpaired) electrons. The number of nitrogens with zero attached hydrogens (tertiary/aromatic N) is 5. The minimum Gasteiger partial charge on any atom is -0.382 e. The van der Waals surface area contributed by atoms with Gasteiger partial charge in [-0.2, -0.15) is 0 Å². The quantitative estimate of drug-likeness (QED) is 0.341. The van der Waals surface area contributed by atoms with Crippen LogP contribution in [0.3, 0.4) is 0 Å². The van der Waals surface area contributed by atoms with Gasteiger partial charge in [-0.3, -0.25) is 9.36 Å². The Kier molecular flexibility index (Phi) is 6.45. The van der Waals surface area contributed by atoms with Crippen molar-refractivity contribution < 1.29 is 0 Å². The second-order valence-electron chi connectivity index (χ2n) is 8.57. The molecule has 0 aliphatic heterocycles. The fourth-order valence-corrected chi connectivity index (χ4v) is 3.95. The van der Waals surface area contributed by atoms with Crippen LogP contribution in [0.4, 0.5) is 0 Å². The molecular formula is C27H30N6O. The zero-order valence-electron chi connectivity index (χ0n) is 20.3. The van der Waals surface area contributed by atoms with Crippen molar-refractivity contribution in [2.45, 2.75) is 47.6 Å². The van der Waals surface area contributed by atoms with E-state index in [1.807, 2.05) is 74.7 Å². The Labute approximate surface area is 199 Å². The number of rotatable bonds is 6. The van der Waals surface area contributed by atoms with Gasteiger partial charge in [0.05, 0.1) is 29.5 Å². The molecule has 0 saturated heterocycles. The first-order valence-electron chi connectivity index (χ1n) is 11.4. The fourth-order valence-electron chi connectivity index (χ4n) is 3.95. The molecule has 0 aliphatic rings. The molecule has 0 aliphatic carbocycles. The Morgan fingerprint density at radius 1 is 1.09 bits per heavy atom. The second-order valence-corrected chi connectivity index (χ2v) is 8.57.